The fourth-order valence-corrected chi connectivity index (χ4v) is 4.10. The quantitative estimate of drug-likeness (QED) is 0.866. The monoisotopic (exact) mass is 312 g/mol. The van der Waals surface area contributed by atoms with Crippen molar-refractivity contribution in [1.29, 1.82) is 0 Å². The highest BCUT2D eigenvalue weighted by Gasteiger charge is 2.57. The number of carbonyl (C=O) groups is 1. The van der Waals surface area contributed by atoms with E-state index in [0.717, 1.165) is 6.54 Å². The molecule has 1 saturated heterocycles. The van der Waals surface area contributed by atoms with Crippen LogP contribution in [0.15, 0.2) is 24.5 Å². The van der Waals surface area contributed by atoms with E-state index in [1.54, 1.807) is 10.7 Å². The first-order valence-electron chi connectivity index (χ1n) is 8.50. The van der Waals surface area contributed by atoms with Crippen LogP contribution in [0.5, 0.6) is 0 Å². The summed E-state index contributed by atoms with van der Waals surface area (Å²) in [5.74, 6) is 1.36. The van der Waals surface area contributed by atoms with Crippen LogP contribution in [0.4, 0.5) is 0 Å². The molecule has 0 radical (unpaired) electrons. The van der Waals surface area contributed by atoms with E-state index in [4.69, 9.17) is 4.74 Å². The molecule has 5 rings (SSSR count). The molecule has 0 N–H and O–H groups in total. The summed E-state index contributed by atoms with van der Waals surface area (Å²) in [6.07, 6.45) is 6.61. The molecule has 0 spiro atoms. The molecular formula is C17H20N4O2. The smallest absolute Gasteiger partial charge is 0.271 e. The summed E-state index contributed by atoms with van der Waals surface area (Å²) in [6.45, 7) is 2.05. The number of carbonyl (C=O) groups excluding carboxylic acids is 1. The van der Waals surface area contributed by atoms with Crippen LogP contribution in [-0.2, 0) is 4.74 Å². The molecular weight excluding hydrogens is 292 g/mol. The van der Waals surface area contributed by atoms with Gasteiger partial charge in [-0.25, -0.2) is 0 Å². The standard InChI is InChI=1S/C17H20N4O2/c22-16(14-2-1-3-15-19-18-11-21(14)15)20-8-9-23-17(10-20,12-4-5-12)13-6-7-13/h1-3,11-13H,4-10H2. The van der Waals surface area contributed by atoms with Gasteiger partial charge in [0.15, 0.2) is 5.65 Å². The summed E-state index contributed by atoms with van der Waals surface area (Å²) in [5, 5.41) is 7.94. The molecule has 23 heavy (non-hydrogen) atoms. The predicted molar refractivity (Wildman–Crippen MR) is 83.0 cm³/mol. The number of aromatic nitrogens is 3. The lowest BCUT2D eigenvalue weighted by molar-refractivity contribution is -0.126. The van der Waals surface area contributed by atoms with Gasteiger partial charge < -0.3 is 9.64 Å². The van der Waals surface area contributed by atoms with E-state index in [1.807, 2.05) is 23.1 Å². The lowest BCUT2D eigenvalue weighted by Gasteiger charge is -2.43. The van der Waals surface area contributed by atoms with E-state index in [2.05, 4.69) is 10.2 Å². The second-order valence-electron chi connectivity index (χ2n) is 7.05. The molecule has 0 unspecified atom stereocenters. The predicted octanol–water partition coefficient (Wildman–Crippen LogP) is 1.76. The van der Waals surface area contributed by atoms with Gasteiger partial charge in [-0.05, 0) is 49.7 Å². The zero-order valence-corrected chi connectivity index (χ0v) is 13.0. The van der Waals surface area contributed by atoms with E-state index in [-0.39, 0.29) is 11.5 Å². The summed E-state index contributed by atoms with van der Waals surface area (Å²) in [6, 6.07) is 5.58. The average Bonchev–Trinajstić information content (AvgIpc) is 3.50. The highest BCUT2D eigenvalue weighted by Crippen LogP contribution is 2.55. The maximum absolute atomic E-state index is 13.1. The largest absolute Gasteiger partial charge is 0.371 e. The molecule has 6 nitrogen and oxygen atoms in total. The third-order valence-corrected chi connectivity index (χ3v) is 5.55. The third kappa shape index (κ3) is 2.08. The van der Waals surface area contributed by atoms with E-state index in [1.165, 1.54) is 25.7 Å². The van der Waals surface area contributed by atoms with Crippen molar-refractivity contribution in [2.24, 2.45) is 11.8 Å². The van der Waals surface area contributed by atoms with Gasteiger partial charge in [0.1, 0.15) is 12.0 Å². The molecule has 3 fully saturated rings. The number of nitrogens with zero attached hydrogens (tertiary/aromatic N) is 4. The Labute approximate surface area is 134 Å². The van der Waals surface area contributed by atoms with E-state index in [0.29, 0.717) is 36.3 Å². The Morgan fingerprint density at radius 3 is 2.74 bits per heavy atom. The molecule has 2 aliphatic carbocycles. The topological polar surface area (TPSA) is 59.7 Å². The number of amides is 1. The molecule has 2 aromatic heterocycles. The fourth-order valence-electron chi connectivity index (χ4n) is 4.10. The zero-order valence-electron chi connectivity index (χ0n) is 13.0. The minimum absolute atomic E-state index is 0.0596. The summed E-state index contributed by atoms with van der Waals surface area (Å²) in [5.41, 5.74) is 1.27. The zero-order chi connectivity index (χ0) is 15.4. The number of pyridine rings is 1. The Hall–Kier alpha value is -1.95. The lowest BCUT2D eigenvalue weighted by atomic mass is 9.89. The number of ether oxygens (including phenoxy) is 1. The Bertz CT molecular complexity index is 751. The average molecular weight is 312 g/mol. The minimum Gasteiger partial charge on any atom is -0.371 e. The van der Waals surface area contributed by atoms with Crippen molar-refractivity contribution in [3.05, 3.63) is 30.2 Å². The highest BCUT2D eigenvalue weighted by atomic mass is 16.5. The van der Waals surface area contributed by atoms with Crippen LogP contribution in [0, 0.1) is 11.8 Å². The molecule has 3 aliphatic rings. The van der Waals surface area contributed by atoms with Crippen LogP contribution >= 0.6 is 0 Å². The molecule has 2 saturated carbocycles. The minimum atomic E-state index is -0.0744. The summed E-state index contributed by atoms with van der Waals surface area (Å²) in [7, 11) is 0. The van der Waals surface area contributed by atoms with Crippen LogP contribution in [-0.4, -0.2) is 50.7 Å². The number of rotatable bonds is 3. The van der Waals surface area contributed by atoms with Gasteiger partial charge in [-0.2, -0.15) is 0 Å². The first-order chi connectivity index (χ1) is 11.3. The second kappa shape index (κ2) is 4.77. The van der Waals surface area contributed by atoms with Crippen LogP contribution in [0.3, 0.4) is 0 Å². The van der Waals surface area contributed by atoms with Gasteiger partial charge in [-0.3, -0.25) is 9.20 Å². The van der Waals surface area contributed by atoms with Crippen LogP contribution in [0.1, 0.15) is 36.2 Å². The van der Waals surface area contributed by atoms with Gasteiger partial charge in [0.05, 0.1) is 18.8 Å². The van der Waals surface area contributed by atoms with Gasteiger partial charge in [0, 0.05) is 6.54 Å². The van der Waals surface area contributed by atoms with Crippen LogP contribution in [0.2, 0.25) is 0 Å². The molecule has 1 amide bonds. The number of hydrogen-bond acceptors (Lipinski definition) is 4. The molecule has 2 aromatic rings. The van der Waals surface area contributed by atoms with E-state index in [9.17, 15) is 4.79 Å². The molecule has 1 aliphatic heterocycles. The number of morpholine rings is 1. The Kier molecular flexibility index (Phi) is 2.80. The third-order valence-electron chi connectivity index (χ3n) is 5.55. The number of fused-ring (bicyclic) bond motifs is 1. The van der Waals surface area contributed by atoms with Gasteiger partial charge in [0.2, 0.25) is 0 Å². The van der Waals surface area contributed by atoms with Crippen molar-refractivity contribution in [2.75, 3.05) is 19.7 Å². The maximum atomic E-state index is 13.1. The van der Waals surface area contributed by atoms with Crippen molar-refractivity contribution in [1.82, 2.24) is 19.5 Å². The normalized spacial score (nSPS) is 24.1. The molecule has 120 valence electrons. The van der Waals surface area contributed by atoms with Crippen LogP contribution in [0.25, 0.3) is 5.65 Å². The van der Waals surface area contributed by atoms with Crippen molar-refractivity contribution in [3.8, 4) is 0 Å². The Morgan fingerprint density at radius 2 is 2.00 bits per heavy atom. The molecule has 0 atom stereocenters. The first kappa shape index (κ1) is 13.5. The SMILES string of the molecule is O=C(c1cccc2nncn12)N1CCOC(C2CC2)(C2CC2)C1. The second-order valence-corrected chi connectivity index (χ2v) is 7.05. The van der Waals surface area contributed by atoms with Crippen molar-refractivity contribution < 1.29 is 9.53 Å². The summed E-state index contributed by atoms with van der Waals surface area (Å²) < 4.78 is 8.05. The van der Waals surface area contributed by atoms with Crippen LogP contribution < -0.4 is 0 Å². The fraction of sp³-hybridized carbons (Fsp3) is 0.588. The van der Waals surface area contributed by atoms with Crippen molar-refractivity contribution in [3.63, 3.8) is 0 Å². The van der Waals surface area contributed by atoms with E-state index < -0.39 is 0 Å². The molecule has 0 bridgehead atoms. The van der Waals surface area contributed by atoms with Crippen molar-refractivity contribution >= 4 is 11.6 Å². The molecule has 6 heteroatoms. The number of hydrogen-bond donors (Lipinski definition) is 0. The Morgan fingerprint density at radius 1 is 1.22 bits per heavy atom. The van der Waals surface area contributed by atoms with Gasteiger partial charge in [-0.1, -0.05) is 6.07 Å². The Balaban J connectivity index is 1.46. The van der Waals surface area contributed by atoms with Gasteiger partial charge >= 0.3 is 0 Å². The summed E-state index contributed by atoms with van der Waals surface area (Å²) >= 11 is 0. The summed E-state index contributed by atoms with van der Waals surface area (Å²) in [4.78, 5) is 15.1. The molecule has 3 heterocycles. The van der Waals surface area contributed by atoms with Crippen molar-refractivity contribution in [2.45, 2.75) is 31.3 Å². The maximum Gasteiger partial charge on any atom is 0.271 e. The lowest BCUT2D eigenvalue weighted by Crippen LogP contribution is -2.56. The molecule has 0 aromatic carbocycles. The van der Waals surface area contributed by atoms with E-state index >= 15 is 0 Å². The van der Waals surface area contributed by atoms with Gasteiger partial charge in [-0.15, -0.1) is 10.2 Å². The van der Waals surface area contributed by atoms with Gasteiger partial charge in [0.25, 0.3) is 5.91 Å². The first-order valence-corrected chi connectivity index (χ1v) is 8.50. The highest BCUT2D eigenvalue weighted by molar-refractivity contribution is 5.93.